The van der Waals surface area contributed by atoms with Crippen LogP contribution < -0.4 is 0 Å². The van der Waals surface area contributed by atoms with E-state index in [0.717, 1.165) is 28.1 Å². The molecule has 0 amide bonds. The van der Waals surface area contributed by atoms with Crippen LogP contribution in [0.5, 0.6) is 0 Å². The Balaban J connectivity index is 2.00. The zero-order valence-electron chi connectivity index (χ0n) is 11.6. The first-order valence-electron chi connectivity index (χ1n) is 6.70. The number of aromatic nitrogens is 3. The second-order valence-electron chi connectivity index (χ2n) is 5.09. The van der Waals surface area contributed by atoms with Crippen molar-refractivity contribution in [1.82, 2.24) is 14.5 Å². The third kappa shape index (κ3) is 2.30. The minimum absolute atomic E-state index is 0.319. The number of imidazole rings is 1. The number of hydrogen-bond acceptors (Lipinski definition) is 3. The van der Waals surface area contributed by atoms with Crippen molar-refractivity contribution in [2.75, 3.05) is 0 Å². The summed E-state index contributed by atoms with van der Waals surface area (Å²) in [5, 5.41) is 9.41. The highest BCUT2D eigenvalue weighted by molar-refractivity contribution is 5.76. The summed E-state index contributed by atoms with van der Waals surface area (Å²) in [6, 6.07) is 12.1. The topological polar surface area (TPSA) is 50.9 Å². The van der Waals surface area contributed by atoms with Crippen LogP contribution in [0.15, 0.2) is 42.6 Å². The summed E-state index contributed by atoms with van der Waals surface area (Å²) in [5.74, 6) is 0.905. The Bertz CT molecular complexity index is 729. The zero-order valence-corrected chi connectivity index (χ0v) is 11.6. The minimum atomic E-state index is -0.319. The zero-order chi connectivity index (χ0) is 14.1. The number of aliphatic hydroxyl groups excluding tert-OH is 1. The molecule has 0 saturated heterocycles. The maximum Gasteiger partial charge on any atom is 0.178 e. The second kappa shape index (κ2) is 5.06. The Labute approximate surface area is 117 Å². The molecule has 0 fully saturated rings. The first-order valence-corrected chi connectivity index (χ1v) is 6.70. The number of aryl methyl sites for hydroxylation is 1. The van der Waals surface area contributed by atoms with Gasteiger partial charge in [-0.25, -0.2) is 9.97 Å². The average molecular weight is 267 g/mol. The van der Waals surface area contributed by atoms with Gasteiger partial charge in [0.05, 0.1) is 11.6 Å². The van der Waals surface area contributed by atoms with Crippen molar-refractivity contribution in [2.24, 2.45) is 7.05 Å². The predicted molar refractivity (Wildman–Crippen MR) is 79.3 cm³/mol. The van der Waals surface area contributed by atoms with Crippen LogP contribution in [0.4, 0.5) is 0 Å². The molecule has 4 nitrogen and oxygen atoms in total. The Morgan fingerprint density at radius 1 is 1.20 bits per heavy atom. The van der Waals surface area contributed by atoms with Crippen molar-refractivity contribution < 1.29 is 5.11 Å². The molecule has 102 valence electrons. The third-order valence-electron chi connectivity index (χ3n) is 3.40. The first-order chi connectivity index (χ1) is 9.65. The first kappa shape index (κ1) is 12.8. The molecule has 0 aliphatic rings. The molecule has 0 radical (unpaired) electrons. The third-order valence-corrected chi connectivity index (χ3v) is 3.40. The molecule has 0 spiro atoms. The Kier molecular flexibility index (Phi) is 3.24. The van der Waals surface area contributed by atoms with E-state index in [0.29, 0.717) is 6.42 Å². The van der Waals surface area contributed by atoms with Gasteiger partial charge in [-0.2, -0.15) is 0 Å². The van der Waals surface area contributed by atoms with Gasteiger partial charge in [0, 0.05) is 18.8 Å². The fourth-order valence-corrected chi connectivity index (χ4v) is 2.42. The molecule has 2 aromatic heterocycles. The molecular weight excluding hydrogens is 250 g/mol. The minimum Gasteiger partial charge on any atom is -0.393 e. The number of hydrogen-bond donors (Lipinski definition) is 1. The second-order valence-corrected chi connectivity index (χ2v) is 5.09. The molecule has 0 bridgehead atoms. The summed E-state index contributed by atoms with van der Waals surface area (Å²) < 4.78 is 2.05. The van der Waals surface area contributed by atoms with E-state index in [9.17, 15) is 5.11 Å². The highest BCUT2D eigenvalue weighted by atomic mass is 16.3. The molecule has 4 heteroatoms. The summed E-state index contributed by atoms with van der Waals surface area (Å²) in [7, 11) is 2.00. The molecule has 0 aliphatic heterocycles. The van der Waals surface area contributed by atoms with Crippen LogP contribution in [-0.2, 0) is 13.5 Å². The fraction of sp³-hybridized carbons (Fsp3) is 0.250. The SMILES string of the molecule is CC(O)Cc1ccc(-c2nc3ncccc3n2C)cc1. The van der Waals surface area contributed by atoms with Gasteiger partial charge in [0.15, 0.2) is 5.65 Å². The molecule has 0 saturated carbocycles. The van der Waals surface area contributed by atoms with E-state index in [1.807, 2.05) is 48.0 Å². The lowest BCUT2D eigenvalue weighted by molar-refractivity contribution is 0.195. The molecule has 1 aromatic carbocycles. The Morgan fingerprint density at radius 3 is 2.60 bits per heavy atom. The van der Waals surface area contributed by atoms with Crippen molar-refractivity contribution in [2.45, 2.75) is 19.4 Å². The summed E-state index contributed by atoms with van der Waals surface area (Å²) >= 11 is 0. The van der Waals surface area contributed by atoms with Crippen molar-refractivity contribution in [3.63, 3.8) is 0 Å². The Morgan fingerprint density at radius 2 is 1.95 bits per heavy atom. The van der Waals surface area contributed by atoms with E-state index in [2.05, 4.69) is 9.97 Å². The lowest BCUT2D eigenvalue weighted by atomic mass is 10.1. The summed E-state index contributed by atoms with van der Waals surface area (Å²) in [4.78, 5) is 8.86. The molecule has 1 unspecified atom stereocenters. The van der Waals surface area contributed by atoms with Crippen molar-refractivity contribution in [1.29, 1.82) is 0 Å². The smallest absolute Gasteiger partial charge is 0.178 e. The molecule has 0 aliphatic carbocycles. The van der Waals surface area contributed by atoms with Crippen LogP contribution >= 0.6 is 0 Å². The van der Waals surface area contributed by atoms with E-state index in [-0.39, 0.29) is 6.10 Å². The fourth-order valence-electron chi connectivity index (χ4n) is 2.42. The van der Waals surface area contributed by atoms with Crippen molar-refractivity contribution in [3.05, 3.63) is 48.2 Å². The molecule has 1 atom stereocenters. The highest BCUT2D eigenvalue weighted by Gasteiger charge is 2.10. The lowest BCUT2D eigenvalue weighted by Crippen LogP contribution is -2.03. The van der Waals surface area contributed by atoms with Gasteiger partial charge in [-0.3, -0.25) is 0 Å². The maximum atomic E-state index is 9.41. The number of nitrogens with zero attached hydrogens (tertiary/aromatic N) is 3. The number of rotatable bonds is 3. The number of fused-ring (bicyclic) bond motifs is 1. The van der Waals surface area contributed by atoms with E-state index in [1.165, 1.54) is 0 Å². The van der Waals surface area contributed by atoms with Gasteiger partial charge in [-0.1, -0.05) is 24.3 Å². The van der Waals surface area contributed by atoms with Gasteiger partial charge in [0.25, 0.3) is 0 Å². The molecular formula is C16H17N3O. The summed E-state index contributed by atoms with van der Waals surface area (Å²) in [6.07, 6.45) is 2.11. The summed E-state index contributed by atoms with van der Waals surface area (Å²) in [6.45, 7) is 1.80. The van der Waals surface area contributed by atoms with Gasteiger partial charge >= 0.3 is 0 Å². The van der Waals surface area contributed by atoms with Crippen LogP contribution in [0.25, 0.3) is 22.6 Å². The van der Waals surface area contributed by atoms with Crippen molar-refractivity contribution >= 4 is 11.2 Å². The van der Waals surface area contributed by atoms with Gasteiger partial charge in [-0.05, 0) is 31.0 Å². The van der Waals surface area contributed by atoms with E-state index >= 15 is 0 Å². The largest absolute Gasteiger partial charge is 0.393 e. The van der Waals surface area contributed by atoms with Crippen LogP contribution in [-0.4, -0.2) is 25.7 Å². The highest BCUT2D eigenvalue weighted by Crippen LogP contribution is 2.22. The van der Waals surface area contributed by atoms with Gasteiger partial charge in [0.2, 0.25) is 0 Å². The van der Waals surface area contributed by atoms with Gasteiger partial charge in [-0.15, -0.1) is 0 Å². The normalized spacial score (nSPS) is 12.8. The maximum absolute atomic E-state index is 9.41. The van der Waals surface area contributed by atoms with Gasteiger partial charge < -0.3 is 9.67 Å². The van der Waals surface area contributed by atoms with Crippen LogP contribution in [0, 0.1) is 0 Å². The Hall–Kier alpha value is -2.20. The standard InChI is InChI=1S/C16H17N3O/c1-11(20)10-12-5-7-13(8-6-12)16-18-15-14(19(16)2)4-3-9-17-15/h3-9,11,20H,10H2,1-2H3. The van der Waals surface area contributed by atoms with E-state index in [1.54, 1.807) is 13.1 Å². The molecule has 2 heterocycles. The summed E-state index contributed by atoms with van der Waals surface area (Å²) in [5.41, 5.74) is 3.97. The number of benzene rings is 1. The van der Waals surface area contributed by atoms with E-state index < -0.39 is 0 Å². The molecule has 3 rings (SSSR count). The number of pyridine rings is 1. The average Bonchev–Trinajstić information content (AvgIpc) is 2.77. The molecule has 1 N–H and O–H groups in total. The quantitative estimate of drug-likeness (QED) is 0.793. The molecule has 3 aromatic rings. The van der Waals surface area contributed by atoms with Crippen LogP contribution in [0.2, 0.25) is 0 Å². The number of aliphatic hydroxyl groups is 1. The predicted octanol–water partition coefficient (Wildman–Crippen LogP) is 2.56. The van der Waals surface area contributed by atoms with Gasteiger partial charge in [0.1, 0.15) is 5.82 Å². The molecule has 20 heavy (non-hydrogen) atoms. The van der Waals surface area contributed by atoms with Crippen molar-refractivity contribution in [3.8, 4) is 11.4 Å². The van der Waals surface area contributed by atoms with E-state index in [4.69, 9.17) is 0 Å². The van der Waals surface area contributed by atoms with Crippen LogP contribution in [0.1, 0.15) is 12.5 Å². The monoisotopic (exact) mass is 267 g/mol. The van der Waals surface area contributed by atoms with Crippen LogP contribution in [0.3, 0.4) is 0 Å². The lowest BCUT2D eigenvalue weighted by Gasteiger charge is -2.06.